The number of amides is 2. The summed E-state index contributed by atoms with van der Waals surface area (Å²) in [5, 5.41) is 16.5. The summed E-state index contributed by atoms with van der Waals surface area (Å²) < 4.78 is 24.8. The number of aromatic nitrogens is 1. The van der Waals surface area contributed by atoms with Crippen molar-refractivity contribution < 1.29 is 18.7 Å². The maximum atomic E-state index is 16.4. The smallest absolute Gasteiger partial charge is 0.242 e. The fraction of sp³-hybridized carbons (Fsp3) is 0.351. The summed E-state index contributed by atoms with van der Waals surface area (Å²) in [7, 11) is 0. The molecule has 1 aromatic heterocycles. The Morgan fingerprint density at radius 1 is 1.10 bits per heavy atom. The number of hydrogen-bond acceptors (Lipinski definition) is 8. The Hall–Kier alpha value is -4.68. The van der Waals surface area contributed by atoms with Gasteiger partial charge in [0.2, 0.25) is 18.0 Å². The average Bonchev–Trinajstić information content (AvgIpc) is 3.75. The minimum Gasteiger partial charge on any atom is -0.464 e. The summed E-state index contributed by atoms with van der Waals surface area (Å²) in [6.45, 7) is 13.3. The number of likely N-dealkylation sites (tertiary alicyclic amines) is 1. The molecule has 0 spiro atoms. The lowest BCUT2D eigenvalue weighted by Gasteiger charge is -2.31. The lowest BCUT2D eigenvalue weighted by molar-refractivity contribution is -0.133. The molecule has 7 N–H and O–H groups in total. The van der Waals surface area contributed by atoms with Crippen molar-refractivity contribution in [3.8, 4) is 17.0 Å². The van der Waals surface area contributed by atoms with Gasteiger partial charge in [0.05, 0.1) is 34.3 Å². The van der Waals surface area contributed by atoms with Crippen LogP contribution in [-0.2, 0) is 9.59 Å². The zero-order valence-corrected chi connectivity index (χ0v) is 29.4. The zero-order chi connectivity index (χ0) is 35.2. The first-order valence-electron chi connectivity index (χ1n) is 16.7. The lowest BCUT2D eigenvalue weighted by Crippen LogP contribution is -2.44. The molecular formula is C37H46FN7O3S. The van der Waals surface area contributed by atoms with Crippen LogP contribution in [0.3, 0.4) is 0 Å². The van der Waals surface area contributed by atoms with Gasteiger partial charge >= 0.3 is 0 Å². The Kier molecular flexibility index (Phi) is 11.4. The summed E-state index contributed by atoms with van der Waals surface area (Å²) >= 11 is 0.985. The predicted molar refractivity (Wildman–Crippen MR) is 197 cm³/mol. The molecule has 2 unspecified atom stereocenters. The molecule has 10 nitrogen and oxygen atoms in total. The number of allylic oxidation sites excluding steroid dienone is 2. The van der Waals surface area contributed by atoms with Crippen LogP contribution in [0, 0.1) is 5.82 Å². The molecule has 2 aliphatic rings. The van der Waals surface area contributed by atoms with Crippen molar-refractivity contribution in [3.63, 3.8) is 0 Å². The molecular weight excluding hydrogens is 642 g/mol. The van der Waals surface area contributed by atoms with Crippen molar-refractivity contribution in [2.45, 2.75) is 65.6 Å². The van der Waals surface area contributed by atoms with Gasteiger partial charge < -0.3 is 31.3 Å². The third-order valence-electron chi connectivity index (χ3n) is 8.96. The van der Waals surface area contributed by atoms with Crippen LogP contribution in [0.5, 0.6) is 5.75 Å². The van der Waals surface area contributed by atoms with E-state index in [0.29, 0.717) is 51.8 Å². The Morgan fingerprint density at radius 3 is 2.55 bits per heavy atom. The highest BCUT2D eigenvalue weighted by Crippen LogP contribution is 2.47. The normalized spacial score (nSPS) is 17.8. The number of fused-ring (bicyclic) bond motifs is 5. The highest BCUT2D eigenvalue weighted by Gasteiger charge is 2.34. The molecule has 0 bridgehead atoms. The van der Waals surface area contributed by atoms with E-state index < -0.39 is 12.0 Å². The molecule has 3 aromatic rings. The van der Waals surface area contributed by atoms with Gasteiger partial charge in [-0.25, -0.2) is 4.39 Å². The average molecular weight is 688 g/mol. The van der Waals surface area contributed by atoms with E-state index in [2.05, 4.69) is 35.5 Å². The van der Waals surface area contributed by atoms with Gasteiger partial charge in [0, 0.05) is 53.8 Å². The van der Waals surface area contributed by atoms with Gasteiger partial charge in [-0.05, 0) is 81.0 Å². The van der Waals surface area contributed by atoms with Crippen LogP contribution in [0.4, 0.5) is 4.39 Å². The maximum Gasteiger partial charge on any atom is 0.242 e. The highest BCUT2D eigenvalue weighted by molar-refractivity contribution is 8.00. The van der Waals surface area contributed by atoms with E-state index in [1.165, 1.54) is 12.3 Å². The van der Waals surface area contributed by atoms with E-state index in [4.69, 9.17) is 15.6 Å². The molecule has 3 heterocycles. The van der Waals surface area contributed by atoms with E-state index in [0.717, 1.165) is 59.9 Å². The fourth-order valence-corrected chi connectivity index (χ4v) is 6.84. The summed E-state index contributed by atoms with van der Waals surface area (Å²) in [5.41, 5.74) is 11.7. The quantitative estimate of drug-likeness (QED) is 0.136. The minimum atomic E-state index is -0.719. The van der Waals surface area contributed by atoms with Crippen molar-refractivity contribution in [2.75, 3.05) is 19.6 Å². The first-order chi connectivity index (χ1) is 23.7. The maximum absolute atomic E-state index is 16.4. The first-order valence-corrected chi connectivity index (χ1v) is 17.6. The molecule has 0 aliphatic carbocycles. The number of hydrogen-bond donors (Lipinski definition) is 5. The summed E-state index contributed by atoms with van der Waals surface area (Å²) in [4.78, 5) is 27.0. The van der Waals surface area contributed by atoms with Crippen molar-refractivity contribution in [2.24, 2.45) is 10.9 Å². The van der Waals surface area contributed by atoms with Gasteiger partial charge in [-0.2, -0.15) is 0 Å². The number of carbonyl (C=O) groups is 2. The van der Waals surface area contributed by atoms with Crippen molar-refractivity contribution >= 4 is 46.1 Å². The standard InChI is InChI=1S/C37H46FN7O3S/c1-6-14-41-27(7-2)23-12-13-30-25(16-23)18-31-36-26(38)17-24(19-32(36)48-37(45(30)31)33(20-39)49-40)28(8-3)43-22(5)29-11-10-15-44(29)35(47)21-42-34(46)9-4/h7-8,12-13,16-20,29,37,41,43H,5-6,9-11,14-15,21,39-40H2,1-4H3,(H,42,46)/b27-7-,28-8-,33-20-. The summed E-state index contributed by atoms with van der Waals surface area (Å²) in [6, 6.07) is 11.1. The summed E-state index contributed by atoms with van der Waals surface area (Å²) in [6.07, 6.45) is 7.42. The third-order valence-corrected chi connectivity index (χ3v) is 9.57. The molecule has 2 atom stereocenters. The van der Waals surface area contributed by atoms with E-state index >= 15 is 4.39 Å². The zero-order valence-electron chi connectivity index (χ0n) is 28.6. The predicted octanol–water partition coefficient (Wildman–Crippen LogP) is 6.09. The SMILES string of the molecule is C=C(N/C(=C\C)c1cc(F)c2c(c1)OC(/C(=C/N)SN)n1c-2cc2cc(/C(=C/C)NCCC)ccc21)C1CCCN1C(=O)CNC(=O)CC. The van der Waals surface area contributed by atoms with E-state index in [1.807, 2.05) is 48.8 Å². The molecule has 260 valence electrons. The van der Waals surface area contributed by atoms with Crippen molar-refractivity contribution in [1.29, 1.82) is 0 Å². The molecule has 0 saturated carbocycles. The second kappa shape index (κ2) is 15.7. The Bertz CT molecular complexity index is 1850. The second-order valence-corrected chi connectivity index (χ2v) is 12.7. The molecule has 1 fully saturated rings. The number of benzene rings is 2. The molecule has 2 aromatic carbocycles. The highest BCUT2D eigenvalue weighted by atomic mass is 32.2. The largest absolute Gasteiger partial charge is 0.464 e. The molecule has 2 amide bonds. The van der Waals surface area contributed by atoms with E-state index in [9.17, 15) is 9.59 Å². The molecule has 1 saturated heterocycles. The number of nitrogens with two attached hydrogens (primary N) is 2. The monoisotopic (exact) mass is 687 g/mol. The topological polar surface area (TPSA) is 140 Å². The van der Waals surface area contributed by atoms with Crippen LogP contribution in [0.15, 0.2) is 71.9 Å². The molecule has 2 aliphatic heterocycles. The van der Waals surface area contributed by atoms with Gasteiger partial charge in [0.15, 0.2) is 0 Å². The van der Waals surface area contributed by atoms with Gasteiger partial charge in [0.25, 0.3) is 0 Å². The van der Waals surface area contributed by atoms with Crippen LogP contribution in [-0.4, -0.2) is 47.0 Å². The summed E-state index contributed by atoms with van der Waals surface area (Å²) in [5.74, 6) is -0.456. The van der Waals surface area contributed by atoms with Gasteiger partial charge in [-0.15, -0.1) is 0 Å². The van der Waals surface area contributed by atoms with E-state index in [1.54, 1.807) is 17.9 Å². The van der Waals surface area contributed by atoms with Crippen LogP contribution in [0.25, 0.3) is 33.6 Å². The molecule has 12 heteroatoms. The third kappa shape index (κ3) is 7.20. The van der Waals surface area contributed by atoms with Gasteiger partial charge in [-0.3, -0.25) is 19.3 Å². The first kappa shape index (κ1) is 35.6. The van der Waals surface area contributed by atoms with Crippen molar-refractivity contribution in [1.82, 2.24) is 25.4 Å². The number of rotatable bonds is 13. The Morgan fingerprint density at radius 2 is 1.88 bits per heavy atom. The van der Waals surface area contributed by atoms with Gasteiger partial charge in [0.1, 0.15) is 11.6 Å². The number of carbonyl (C=O) groups excluding carboxylic acids is 2. The van der Waals surface area contributed by atoms with Gasteiger partial charge in [-0.1, -0.05) is 38.6 Å². The lowest BCUT2D eigenvalue weighted by atomic mass is 10.0. The minimum absolute atomic E-state index is 0.0634. The van der Waals surface area contributed by atoms with Crippen LogP contribution in [0.1, 0.15) is 70.7 Å². The van der Waals surface area contributed by atoms with Crippen LogP contribution in [0.2, 0.25) is 0 Å². The second-order valence-electron chi connectivity index (χ2n) is 12.0. The Balaban J connectivity index is 1.49. The van der Waals surface area contributed by atoms with Crippen LogP contribution >= 0.6 is 11.9 Å². The van der Waals surface area contributed by atoms with Crippen molar-refractivity contribution in [3.05, 3.63) is 88.9 Å². The number of nitrogens with one attached hydrogen (secondary N) is 3. The van der Waals surface area contributed by atoms with E-state index in [-0.39, 0.29) is 24.4 Å². The fourth-order valence-electron chi connectivity index (χ4n) is 6.49. The van der Waals surface area contributed by atoms with Crippen LogP contribution < -0.4 is 31.6 Å². The number of nitrogens with zero attached hydrogens (tertiary/aromatic N) is 2. The molecule has 0 radical (unpaired) electrons. The molecule has 5 rings (SSSR count). The number of ether oxygens (including phenoxy) is 1. The Labute approximate surface area is 291 Å². The number of halogens is 1. The molecule has 49 heavy (non-hydrogen) atoms.